The summed E-state index contributed by atoms with van der Waals surface area (Å²) in [5.74, 6) is 0. The lowest BCUT2D eigenvalue weighted by molar-refractivity contribution is 0.00738. The van der Waals surface area contributed by atoms with Crippen molar-refractivity contribution in [3.05, 3.63) is 0 Å². The van der Waals surface area contributed by atoms with E-state index in [2.05, 4.69) is 0 Å². The molecule has 0 fully saturated rings. The summed E-state index contributed by atoms with van der Waals surface area (Å²) < 4.78 is 51.8. The van der Waals surface area contributed by atoms with E-state index in [0.29, 0.717) is 11.8 Å². The van der Waals surface area contributed by atoms with Crippen LogP contribution in [0.2, 0.25) is 0 Å². The third-order valence-corrected chi connectivity index (χ3v) is 4.31. The molecule has 0 aliphatic rings. The standard InChI is InChI=1S/C6H10F4S3/c1-11-4(5(7,8)12-2)6(9,10)13-3/h4H,1-3H3. The molecule has 0 aliphatic carbocycles. The second kappa shape index (κ2) is 5.02. The van der Waals surface area contributed by atoms with Gasteiger partial charge in [0.05, 0.1) is 0 Å². The zero-order valence-electron chi connectivity index (χ0n) is 7.31. The Morgan fingerprint density at radius 2 is 1.15 bits per heavy atom. The van der Waals surface area contributed by atoms with Gasteiger partial charge in [-0.15, -0.1) is 11.8 Å². The lowest BCUT2D eigenvalue weighted by Crippen LogP contribution is -2.40. The van der Waals surface area contributed by atoms with Gasteiger partial charge in [0.25, 0.3) is 0 Å². The van der Waals surface area contributed by atoms with Gasteiger partial charge in [0.2, 0.25) is 0 Å². The Balaban J connectivity index is 4.69. The van der Waals surface area contributed by atoms with Crippen molar-refractivity contribution in [2.75, 3.05) is 18.8 Å². The van der Waals surface area contributed by atoms with Gasteiger partial charge in [0.1, 0.15) is 0 Å². The zero-order valence-corrected chi connectivity index (χ0v) is 9.76. The molecule has 0 rings (SSSR count). The molecule has 0 aliphatic heterocycles. The zero-order chi connectivity index (χ0) is 10.7. The SMILES string of the molecule is CSC(C(F)(F)SC)C(F)(F)SC. The number of rotatable bonds is 5. The number of thioether (sulfide) groups is 3. The van der Waals surface area contributed by atoms with Crippen molar-refractivity contribution in [2.24, 2.45) is 0 Å². The van der Waals surface area contributed by atoms with Crippen molar-refractivity contribution in [1.29, 1.82) is 0 Å². The Morgan fingerprint density at radius 3 is 1.31 bits per heavy atom. The van der Waals surface area contributed by atoms with E-state index in [9.17, 15) is 17.6 Å². The highest BCUT2D eigenvalue weighted by Crippen LogP contribution is 2.48. The highest BCUT2D eigenvalue weighted by molar-refractivity contribution is 8.05. The molecule has 0 heterocycles. The molecule has 0 saturated carbocycles. The summed E-state index contributed by atoms with van der Waals surface area (Å²) in [7, 11) is 0. The van der Waals surface area contributed by atoms with Crippen molar-refractivity contribution in [3.63, 3.8) is 0 Å². The molecule has 0 aromatic carbocycles. The fourth-order valence-electron chi connectivity index (χ4n) is 0.684. The van der Waals surface area contributed by atoms with Gasteiger partial charge in [-0.25, -0.2) is 0 Å². The second-order valence-electron chi connectivity index (χ2n) is 2.15. The van der Waals surface area contributed by atoms with Gasteiger partial charge >= 0.3 is 10.5 Å². The number of hydrogen-bond donors (Lipinski definition) is 0. The summed E-state index contributed by atoms with van der Waals surface area (Å²) in [4.78, 5) is 0. The molecular formula is C6H10F4S3. The van der Waals surface area contributed by atoms with Crippen LogP contribution in [0, 0.1) is 0 Å². The molecule has 0 aromatic rings. The second-order valence-corrected chi connectivity index (χ2v) is 5.00. The van der Waals surface area contributed by atoms with E-state index in [0.717, 1.165) is 12.5 Å². The van der Waals surface area contributed by atoms with Crippen molar-refractivity contribution < 1.29 is 17.6 Å². The Kier molecular flexibility index (Phi) is 5.32. The van der Waals surface area contributed by atoms with Gasteiger partial charge in [-0.2, -0.15) is 17.6 Å². The molecule has 0 spiro atoms. The van der Waals surface area contributed by atoms with E-state index in [1.54, 1.807) is 0 Å². The van der Waals surface area contributed by atoms with E-state index in [4.69, 9.17) is 0 Å². The lowest BCUT2D eigenvalue weighted by atomic mass is 10.4. The van der Waals surface area contributed by atoms with Crippen molar-refractivity contribution in [2.45, 2.75) is 15.8 Å². The fourth-order valence-corrected chi connectivity index (χ4v) is 3.19. The fraction of sp³-hybridized carbons (Fsp3) is 1.00. The van der Waals surface area contributed by atoms with Gasteiger partial charge in [-0.3, -0.25) is 0 Å². The van der Waals surface area contributed by atoms with E-state index in [-0.39, 0.29) is 23.5 Å². The molecule has 80 valence electrons. The lowest BCUT2D eigenvalue weighted by Gasteiger charge is -2.29. The minimum absolute atomic E-state index is 0.155. The minimum atomic E-state index is -3.40. The molecule has 0 nitrogen and oxygen atoms in total. The maximum Gasteiger partial charge on any atom is 0.312 e. The van der Waals surface area contributed by atoms with Crippen LogP contribution >= 0.6 is 35.3 Å². The topological polar surface area (TPSA) is 0 Å². The average Bonchev–Trinajstić information content (AvgIpc) is 2.05. The Hall–Kier alpha value is 0.770. The average molecular weight is 254 g/mol. The normalized spacial score (nSPS) is 13.8. The van der Waals surface area contributed by atoms with Gasteiger partial charge < -0.3 is 0 Å². The van der Waals surface area contributed by atoms with E-state index < -0.39 is 15.8 Å². The predicted molar refractivity (Wildman–Crippen MR) is 54.2 cm³/mol. The molecule has 0 unspecified atom stereocenters. The monoisotopic (exact) mass is 254 g/mol. The van der Waals surface area contributed by atoms with E-state index in [1.165, 1.54) is 6.26 Å². The van der Waals surface area contributed by atoms with Gasteiger partial charge in [0.15, 0.2) is 5.25 Å². The van der Waals surface area contributed by atoms with Crippen LogP contribution in [0.3, 0.4) is 0 Å². The first-order valence-corrected chi connectivity index (χ1v) is 6.94. The van der Waals surface area contributed by atoms with Crippen molar-refractivity contribution >= 4 is 35.3 Å². The van der Waals surface area contributed by atoms with Gasteiger partial charge in [-0.1, -0.05) is 23.5 Å². The Labute approximate surface area is 87.6 Å². The highest BCUT2D eigenvalue weighted by Gasteiger charge is 2.53. The quantitative estimate of drug-likeness (QED) is 0.688. The van der Waals surface area contributed by atoms with E-state index >= 15 is 0 Å². The van der Waals surface area contributed by atoms with Gasteiger partial charge in [-0.05, 0) is 18.8 Å². The molecule has 0 radical (unpaired) electrons. The first-order valence-electron chi connectivity index (χ1n) is 3.20. The smallest absolute Gasteiger partial charge is 0.193 e. The summed E-state index contributed by atoms with van der Waals surface area (Å²) in [5.41, 5.74) is 0. The molecule has 0 saturated heterocycles. The maximum absolute atomic E-state index is 12.9. The molecule has 7 heteroatoms. The van der Waals surface area contributed by atoms with Crippen LogP contribution in [0.15, 0.2) is 0 Å². The number of alkyl halides is 4. The number of hydrogen-bond acceptors (Lipinski definition) is 3. The summed E-state index contributed by atoms with van der Waals surface area (Å²) in [6.07, 6.45) is 3.51. The molecule has 0 aromatic heterocycles. The van der Waals surface area contributed by atoms with Crippen molar-refractivity contribution in [1.82, 2.24) is 0 Å². The van der Waals surface area contributed by atoms with Crippen LogP contribution < -0.4 is 0 Å². The first kappa shape index (κ1) is 13.8. The van der Waals surface area contributed by atoms with Crippen LogP contribution in [0.5, 0.6) is 0 Å². The Bertz CT molecular complexity index is 146. The van der Waals surface area contributed by atoms with Crippen molar-refractivity contribution in [3.8, 4) is 0 Å². The molecule has 13 heavy (non-hydrogen) atoms. The largest absolute Gasteiger partial charge is 0.312 e. The minimum Gasteiger partial charge on any atom is -0.193 e. The molecular weight excluding hydrogens is 244 g/mol. The Morgan fingerprint density at radius 1 is 0.846 bits per heavy atom. The molecule has 0 atom stereocenters. The van der Waals surface area contributed by atoms with Crippen LogP contribution in [-0.2, 0) is 0 Å². The van der Waals surface area contributed by atoms with Crippen LogP contribution in [0.4, 0.5) is 17.6 Å². The molecule has 0 bridgehead atoms. The third kappa shape index (κ3) is 3.43. The molecule has 0 amide bonds. The maximum atomic E-state index is 12.9. The number of halogens is 4. The third-order valence-electron chi connectivity index (χ3n) is 1.39. The summed E-state index contributed by atoms with van der Waals surface area (Å²) in [6, 6.07) is 0. The predicted octanol–water partition coefficient (Wildman–Crippen LogP) is 3.63. The van der Waals surface area contributed by atoms with E-state index in [1.807, 2.05) is 0 Å². The van der Waals surface area contributed by atoms with Crippen LogP contribution in [0.25, 0.3) is 0 Å². The van der Waals surface area contributed by atoms with Crippen LogP contribution in [-0.4, -0.2) is 34.5 Å². The summed E-state index contributed by atoms with van der Waals surface area (Å²) in [6.45, 7) is 0. The first-order chi connectivity index (χ1) is 5.81. The van der Waals surface area contributed by atoms with Gasteiger partial charge in [0, 0.05) is 0 Å². The highest BCUT2D eigenvalue weighted by atomic mass is 32.2. The molecule has 0 N–H and O–H groups in total. The summed E-state index contributed by atoms with van der Waals surface area (Å²) in [5, 5.41) is -8.78. The summed E-state index contributed by atoms with van der Waals surface area (Å²) >= 11 is 0.800. The van der Waals surface area contributed by atoms with Crippen LogP contribution in [0.1, 0.15) is 0 Å².